The van der Waals surface area contributed by atoms with Gasteiger partial charge in [-0.15, -0.1) is 11.3 Å². The summed E-state index contributed by atoms with van der Waals surface area (Å²) in [5.74, 6) is 1.67. The van der Waals surface area contributed by atoms with Crippen molar-refractivity contribution in [3.8, 4) is 16.3 Å². The number of aromatic nitrogens is 1. The van der Waals surface area contributed by atoms with Gasteiger partial charge in [-0.2, -0.15) is 4.89 Å². The van der Waals surface area contributed by atoms with E-state index in [-0.39, 0.29) is 6.10 Å². The van der Waals surface area contributed by atoms with Crippen molar-refractivity contribution in [1.82, 2.24) is 15.2 Å². The van der Waals surface area contributed by atoms with Crippen LogP contribution in [0, 0.1) is 5.92 Å². The van der Waals surface area contributed by atoms with Crippen LogP contribution in [0.25, 0.3) is 20.8 Å². The molecule has 1 aromatic heterocycles. The molecule has 5 nitrogen and oxygen atoms in total. The van der Waals surface area contributed by atoms with Crippen LogP contribution in [0.4, 0.5) is 0 Å². The smallest absolute Gasteiger partial charge is 0.171 e. The van der Waals surface area contributed by atoms with Crippen molar-refractivity contribution in [1.29, 1.82) is 0 Å². The van der Waals surface area contributed by atoms with Gasteiger partial charge in [0.15, 0.2) is 5.75 Å². The molecule has 0 aliphatic carbocycles. The number of rotatable bonds is 10. The van der Waals surface area contributed by atoms with Crippen molar-refractivity contribution >= 4 is 21.6 Å². The summed E-state index contributed by atoms with van der Waals surface area (Å²) in [7, 11) is 0. The Hall–Kier alpha value is -3.55. The zero-order valence-electron chi connectivity index (χ0n) is 24.1. The second kappa shape index (κ2) is 12.0. The van der Waals surface area contributed by atoms with E-state index >= 15 is 0 Å². The second-order valence-corrected chi connectivity index (χ2v) is 12.8. The number of piperidine rings is 1. The van der Waals surface area contributed by atoms with E-state index < -0.39 is 0 Å². The molecule has 0 amide bonds. The van der Waals surface area contributed by atoms with Crippen LogP contribution in [-0.2, 0) is 11.4 Å². The van der Waals surface area contributed by atoms with Gasteiger partial charge in [0.1, 0.15) is 5.01 Å². The van der Waals surface area contributed by atoms with Crippen LogP contribution in [0.2, 0.25) is 0 Å². The van der Waals surface area contributed by atoms with Crippen LogP contribution >= 0.6 is 11.3 Å². The first kappa shape index (κ1) is 27.3. The van der Waals surface area contributed by atoms with E-state index in [1.54, 1.807) is 11.3 Å². The van der Waals surface area contributed by atoms with Crippen LogP contribution < -0.4 is 10.2 Å². The van der Waals surface area contributed by atoms with Gasteiger partial charge in [-0.1, -0.05) is 91.0 Å². The monoisotopic (exact) mass is 575 g/mol. The number of thiazole rings is 1. The second-order valence-electron chi connectivity index (χ2n) is 11.8. The maximum Gasteiger partial charge on any atom is 0.171 e. The van der Waals surface area contributed by atoms with Crippen LogP contribution in [0.5, 0.6) is 5.75 Å². The molecule has 2 aliphatic heterocycles. The Labute approximate surface area is 252 Å². The Bertz CT molecular complexity index is 1580. The standard InChI is InChI=1S/C36H37N3O2S/c1-24(2)40-41-31-21-32-30(38-36(42-32)27-16-10-5-11-17-27)20-29(31)22-37-34-28-18-19-39(23-28)35(34)33(25-12-6-3-7-13-25)26-14-8-4-9-15-26/h3-17,20-21,24,28,33-35,37H,18-19,22-23H2,1-2H3. The molecular formula is C36H37N3O2S. The molecule has 7 rings (SSSR count). The number of fused-ring (bicyclic) bond motifs is 3. The lowest BCUT2D eigenvalue weighted by atomic mass is 9.78. The molecule has 0 radical (unpaired) electrons. The van der Waals surface area contributed by atoms with Gasteiger partial charge in [-0.05, 0) is 49.9 Å². The zero-order valence-corrected chi connectivity index (χ0v) is 25.0. The maximum absolute atomic E-state index is 5.94. The van der Waals surface area contributed by atoms with E-state index in [9.17, 15) is 0 Å². The summed E-state index contributed by atoms with van der Waals surface area (Å²) in [4.78, 5) is 19.3. The van der Waals surface area contributed by atoms with Gasteiger partial charge >= 0.3 is 0 Å². The van der Waals surface area contributed by atoms with E-state index in [4.69, 9.17) is 14.8 Å². The molecule has 5 aromatic rings. The van der Waals surface area contributed by atoms with E-state index in [1.165, 1.54) is 17.5 Å². The molecule has 2 fully saturated rings. The summed E-state index contributed by atoms with van der Waals surface area (Å²) in [6.45, 7) is 6.96. The van der Waals surface area contributed by atoms with E-state index in [1.807, 2.05) is 19.9 Å². The normalized spacial score (nSPS) is 21.5. The van der Waals surface area contributed by atoms with Crippen molar-refractivity contribution < 1.29 is 9.78 Å². The van der Waals surface area contributed by atoms with Gasteiger partial charge < -0.3 is 10.2 Å². The molecule has 1 N–H and O–H groups in total. The molecule has 2 saturated heterocycles. The summed E-state index contributed by atoms with van der Waals surface area (Å²) in [6.07, 6.45) is 1.19. The lowest BCUT2D eigenvalue weighted by molar-refractivity contribution is -0.235. The molecule has 4 unspecified atom stereocenters. The molecule has 3 heterocycles. The van der Waals surface area contributed by atoms with Crippen LogP contribution in [0.15, 0.2) is 103 Å². The van der Waals surface area contributed by atoms with Crippen molar-refractivity contribution in [3.05, 3.63) is 120 Å². The number of hydrogen-bond donors (Lipinski definition) is 1. The molecule has 6 heteroatoms. The van der Waals surface area contributed by atoms with Crippen molar-refractivity contribution in [3.63, 3.8) is 0 Å². The van der Waals surface area contributed by atoms with Gasteiger partial charge in [0, 0.05) is 48.3 Å². The highest BCUT2D eigenvalue weighted by atomic mass is 32.1. The van der Waals surface area contributed by atoms with Gasteiger partial charge in [-0.3, -0.25) is 4.90 Å². The van der Waals surface area contributed by atoms with Crippen molar-refractivity contribution in [2.75, 3.05) is 13.1 Å². The first-order chi connectivity index (χ1) is 20.6. The SMILES string of the molecule is CC(C)OOc1cc2sc(-c3ccccc3)nc2cc1CNC1C2CCN(C2)C1C(c1ccccc1)c1ccccc1. The van der Waals surface area contributed by atoms with Crippen molar-refractivity contribution in [2.24, 2.45) is 5.92 Å². The Morgan fingerprint density at radius 3 is 2.24 bits per heavy atom. The molecule has 0 saturated carbocycles. The molecule has 2 bridgehead atoms. The predicted octanol–water partition coefficient (Wildman–Crippen LogP) is 7.68. The average molecular weight is 576 g/mol. The number of hydrogen-bond acceptors (Lipinski definition) is 6. The zero-order chi connectivity index (χ0) is 28.5. The minimum atomic E-state index is -0.0388. The predicted molar refractivity (Wildman–Crippen MR) is 171 cm³/mol. The molecular weight excluding hydrogens is 538 g/mol. The lowest BCUT2D eigenvalue weighted by Crippen LogP contribution is -2.50. The Balaban J connectivity index is 1.21. The Kier molecular flexibility index (Phi) is 7.78. The molecule has 214 valence electrons. The topological polar surface area (TPSA) is 46.6 Å². The Morgan fingerprint density at radius 2 is 1.57 bits per heavy atom. The Morgan fingerprint density at radius 1 is 0.905 bits per heavy atom. The molecule has 4 atom stereocenters. The lowest BCUT2D eigenvalue weighted by Gasteiger charge is -2.39. The highest BCUT2D eigenvalue weighted by molar-refractivity contribution is 7.21. The molecule has 42 heavy (non-hydrogen) atoms. The summed E-state index contributed by atoms with van der Waals surface area (Å²) < 4.78 is 1.09. The molecule has 2 aliphatic rings. The fraction of sp³-hybridized carbons (Fsp3) is 0.306. The highest BCUT2D eigenvalue weighted by Gasteiger charge is 2.49. The highest BCUT2D eigenvalue weighted by Crippen LogP contribution is 2.43. The largest absolute Gasteiger partial charge is 0.337 e. The minimum Gasteiger partial charge on any atom is -0.337 e. The minimum absolute atomic E-state index is 0.0388. The van der Waals surface area contributed by atoms with Crippen LogP contribution in [-0.4, -0.2) is 41.2 Å². The molecule has 4 aromatic carbocycles. The van der Waals surface area contributed by atoms with E-state index in [0.717, 1.165) is 45.2 Å². The first-order valence-electron chi connectivity index (χ1n) is 15.0. The van der Waals surface area contributed by atoms with Gasteiger partial charge in [0.2, 0.25) is 0 Å². The average Bonchev–Trinajstić information content (AvgIpc) is 3.76. The van der Waals surface area contributed by atoms with Crippen molar-refractivity contribution in [2.45, 2.75) is 50.9 Å². The fourth-order valence-electron chi connectivity index (χ4n) is 6.79. The van der Waals surface area contributed by atoms with Crippen LogP contribution in [0.3, 0.4) is 0 Å². The van der Waals surface area contributed by atoms with Crippen LogP contribution in [0.1, 0.15) is 42.9 Å². The third kappa shape index (κ3) is 5.48. The maximum atomic E-state index is 5.94. The number of nitrogens with zero attached hydrogens (tertiary/aromatic N) is 2. The first-order valence-corrected chi connectivity index (χ1v) is 15.9. The van der Waals surface area contributed by atoms with E-state index in [0.29, 0.717) is 30.5 Å². The number of benzene rings is 4. The summed E-state index contributed by atoms with van der Waals surface area (Å²) in [5, 5.41) is 5.04. The third-order valence-corrected chi connectivity index (χ3v) is 9.73. The third-order valence-electron chi connectivity index (χ3n) is 8.66. The van der Waals surface area contributed by atoms with E-state index in [2.05, 4.69) is 107 Å². The summed E-state index contributed by atoms with van der Waals surface area (Å²) >= 11 is 1.69. The quantitative estimate of drug-likeness (QED) is 0.137. The number of nitrogens with one attached hydrogen (secondary N) is 1. The van der Waals surface area contributed by atoms with Gasteiger partial charge in [0.05, 0.1) is 16.3 Å². The fourth-order valence-corrected chi connectivity index (χ4v) is 7.77. The summed E-state index contributed by atoms with van der Waals surface area (Å²) in [5.41, 5.74) is 5.94. The molecule has 0 spiro atoms. The summed E-state index contributed by atoms with van der Waals surface area (Å²) in [6, 6.07) is 37.4. The van der Waals surface area contributed by atoms with Gasteiger partial charge in [-0.25, -0.2) is 4.98 Å². The van der Waals surface area contributed by atoms with Gasteiger partial charge in [0.25, 0.3) is 0 Å².